The van der Waals surface area contributed by atoms with Gasteiger partial charge in [0.05, 0.1) is 15.7 Å². The van der Waals surface area contributed by atoms with Gasteiger partial charge in [-0.05, 0) is 36.4 Å². The van der Waals surface area contributed by atoms with E-state index in [-0.39, 0.29) is 11.3 Å². The molecule has 1 N–H and O–H groups in total. The van der Waals surface area contributed by atoms with E-state index in [1.54, 1.807) is 0 Å². The Hall–Kier alpha value is -2.27. The summed E-state index contributed by atoms with van der Waals surface area (Å²) in [6.45, 7) is 0. The number of aliphatic hydroxyl groups is 1. The summed E-state index contributed by atoms with van der Waals surface area (Å²) < 4.78 is 73.9. The lowest BCUT2D eigenvalue weighted by atomic mass is 9.93. The van der Waals surface area contributed by atoms with E-state index in [1.807, 2.05) is 0 Å². The summed E-state index contributed by atoms with van der Waals surface area (Å²) in [5, 5.41) is 10.3. The minimum Gasteiger partial charge on any atom is -0.465 e. The number of hydrogen-bond acceptors (Lipinski definition) is 6. The topological polar surface area (TPSA) is 97.7 Å². The standard InChI is InChI=1S/C22H18BrFO6S2/c23-15-11-12-18-19(14-21(25)30-20(18)13-15)22(24,31(26,27)16-7-3-1-4-8-16)32(28,29)17-9-5-2-6-10-17/h1-13,19,21,25H,14H2/t19-,21?/m0/s1. The Bertz CT molecular complexity index is 1280. The van der Waals surface area contributed by atoms with Crippen molar-refractivity contribution in [3.63, 3.8) is 0 Å². The van der Waals surface area contributed by atoms with Crippen molar-refractivity contribution in [1.82, 2.24) is 0 Å². The van der Waals surface area contributed by atoms with E-state index in [0.717, 1.165) is 24.3 Å². The first-order valence-corrected chi connectivity index (χ1v) is 13.3. The second-order valence-electron chi connectivity index (χ2n) is 7.26. The molecule has 1 unspecified atom stereocenters. The molecule has 0 radical (unpaired) electrons. The molecule has 10 heteroatoms. The molecule has 1 aliphatic rings. The second-order valence-corrected chi connectivity index (χ2v) is 12.6. The van der Waals surface area contributed by atoms with Crippen LogP contribution >= 0.6 is 15.9 Å². The van der Waals surface area contributed by atoms with Crippen molar-refractivity contribution in [3.05, 3.63) is 88.9 Å². The van der Waals surface area contributed by atoms with E-state index in [4.69, 9.17) is 4.74 Å². The molecular weight excluding hydrogens is 523 g/mol. The number of halogens is 2. The summed E-state index contributed by atoms with van der Waals surface area (Å²) in [5.74, 6) is -1.76. The zero-order valence-electron chi connectivity index (χ0n) is 16.4. The van der Waals surface area contributed by atoms with Gasteiger partial charge in [0.2, 0.25) is 19.7 Å². The predicted molar refractivity (Wildman–Crippen MR) is 119 cm³/mol. The molecule has 1 aliphatic heterocycles. The molecule has 0 saturated carbocycles. The Morgan fingerprint density at radius 2 is 1.38 bits per heavy atom. The van der Waals surface area contributed by atoms with Crippen molar-refractivity contribution < 1.29 is 31.1 Å². The van der Waals surface area contributed by atoms with Crippen LogP contribution in [0.5, 0.6) is 5.75 Å². The first-order chi connectivity index (χ1) is 15.1. The van der Waals surface area contributed by atoms with E-state index in [2.05, 4.69) is 15.9 Å². The Balaban J connectivity index is 2.05. The molecule has 3 aromatic carbocycles. The van der Waals surface area contributed by atoms with Crippen LogP contribution in [-0.4, -0.2) is 32.6 Å². The lowest BCUT2D eigenvalue weighted by Gasteiger charge is -2.37. The van der Waals surface area contributed by atoms with Gasteiger partial charge in [0, 0.05) is 16.5 Å². The first-order valence-electron chi connectivity index (χ1n) is 9.51. The molecule has 0 spiro atoms. The highest BCUT2D eigenvalue weighted by Crippen LogP contribution is 2.52. The molecule has 0 amide bonds. The van der Waals surface area contributed by atoms with Gasteiger partial charge in [0.15, 0.2) is 6.29 Å². The van der Waals surface area contributed by atoms with Gasteiger partial charge in [-0.15, -0.1) is 0 Å². The molecule has 168 valence electrons. The highest BCUT2D eigenvalue weighted by Gasteiger charge is 2.64. The summed E-state index contributed by atoms with van der Waals surface area (Å²) >= 11 is 3.24. The number of rotatable bonds is 5. The molecule has 32 heavy (non-hydrogen) atoms. The molecular formula is C22H18BrFO6S2. The first kappa shape index (κ1) is 22.9. The fourth-order valence-electron chi connectivity index (χ4n) is 3.79. The molecule has 4 rings (SSSR count). The van der Waals surface area contributed by atoms with Crippen LogP contribution in [0.4, 0.5) is 4.39 Å². The van der Waals surface area contributed by atoms with E-state index in [1.165, 1.54) is 54.6 Å². The maximum atomic E-state index is 17.2. The molecule has 1 heterocycles. The fraction of sp³-hybridized carbons (Fsp3) is 0.182. The predicted octanol–water partition coefficient (Wildman–Crippen LogP) is 4.20. The third-order valence-corrected chi connectivity index (χ3v) is 10.9. The van der Waals surface area contributed by atoms with Crippen LogP contribution in [0.25, 0.3) is 0 Å². The van der Waals surface area contributed by atoms with Gasteiger partial charge in [0.1, 0.15) is 5.75 Å². The van der Waals surface area contributed by atoms with E-state index >= 15 is 4.39 Å². The zero-order chi connectivity index (χ0) is 23.1. The molecule has 2 atom stereocenters. The van der Waals surface area contributed by atoms with Gasteiger partial charge in [-0.2, -0.15) is 0 Å². The Kier molecular flexibility index (Phi) is 5.91. The maximum absolute atomic E-state index is 17.2. The van der Waals surface area contributed by atoms with Gasteiger partial charge in [-0.1, -0.05) is 58.4 Å². The number of hydrogen-bond donors (Lipinski definition) is 1. The summed E-state index contributed by atoms with van der Waals surface area (Å²) in [6.07, 6.45) is -2.18. The maximum Gasteiger partial charge on any atom is 0.324 e. The number of benzene rings is 3. The van der Waals surface area contributed by atoms with Gasteiger partial charge in [-0.3, -0.25) is 0 Å². The van der Waals surface area contributed by atoms with Crippen LogP contribution in [0.15, 0.2) is 93.1 Å². The van der Waals surface area contributed by atoms with Gasteiger partial charge in [-0.25, -0.2) is 21.2 Å². The van der Waals surface area contributed by atoms with Crippen molar-refractivity contribution in [1.29, 1.82) is 0 Å². The Labute approximate surface area is 193 Å². The SMILES string of the molecule is O=S(=O)(c1ccccc1)C(F)([C@H]1CC(O)Oc2cc(Br)ccc21)S(=O)(=O)c1ccccc1. The summed E-state index contributed by atoms with van der Waals surface area (Å²) in [7, 11) is -10.2. The minimum absolute atomic E-state index is 0.00308. The summed E-state index contributed by atoms with van der Waals surface area (Å²) in [5.41, 5.74) is 0.0278. The van der Waals surface area contributed by atoms with Crippen molar-refractivity contribution in [3.8, 4) is 5.75 Å². The van der Waals surface area contributed by atoms with Crippen LogP contribution in [0.2, 0.25) is 0 Å². The number of ether oxygens (including phenoxy) is 1. The lowest BCUT2D eigenvalue weighted by molar-refractivity contribution is -0.0444. The third kappa shape index (κ3) is 3.55. The van der Waals surface area contributed by atoms with Crippen LogP contribution in [0.1, 0.15) is 17.9 Å². The largest absolute Gasteiger partial charge is 0.465 e. The van der Waals surface area contributed by atoms with Crippen molar-refractivity contribution >= 4 is 35.6 Å². The smallest absolute Gasteiger partial charge is 0.324 e. The van der Waals surface area contributed by atoms with Crippen LogP contribution < -0.4 is 4.74 Å². The van der Waals surface area contributed by atoms with Crippen molar-refractivity contribution in [2.45, 2.75) is 32.8 Å². The number of sulfone groups is 2. The van der Waals surface area contributed by atoms with Crippen molar-refractivity contribution in [2.75, 3.05) is 0 Å². The van der Waals surface area contributed by atoms with Gasteiger partial charge < -0.3 is 9.84 Å². The normalized spacial score (nSPS) is 19.1. The van der Waals surface area contributed by atoms with Gasteiger partial charge >= 0.3 is 4.33 Å². The lowest BCUT2D eigenvalue weighted by Crippen LogP contribution is -2.50. The van der Waals surface area contributed by atoms with Crippen LogP contribution in [0.3, 0.4) is 0 Å². The average Bonchev–Trinajstić information content (AvgIpc) is 2.78. The van der Waals surface area contributed by atoms with E-state index in [9.17, 15) is 21.9 Å². The highest BCUT2D eigenvalue weighted by molar-refractivity contribution is 9.10. The number of alkyl halides is 1. The molecule has 0 aliphatic carbocycles. The quantitative estimate of drug-likeness (QED) is 0.520. The number of aliphatic hydroxyl groups excluding tert-OH is 1. The average molecular weight is 541 g/mol. The molecule has 0 bridgehead atoms. The third-order valence-electron chi connectivity index (χ3n) is 5.31. The molecule has 6 nitrogen and oxygen atoms in total. The molecule has 3 aromatic rings. The molecule has 0 fully saturated rings. The molecule has 0 aromatic heterocycles. The Morgan fingerprint density at radius 1 is 0.875 bits per heavy atom. The van der Waals surface area contributed by atoms with Gasteiger partial charge in [0.25, 0.3) is 0 Å². The van der Waals surface area contributed by atoms with E-state index < -0.39 is 52.4 Å². The van der Waals surface area contributed by atoms with Crippen molar-refractivity contribution in [2.24, 2.45) is 0 Å². The van der Waals surface area contributed by atoms with Crippen LogP contribution in [-0.2, 0) is 19.7 Å². The monoisotopic (exact) mass is 540 g/mol. The fourth-order valence-corrected chi connectivity index (χ4v) is 8.73. The highest BCUT2D eigenvalue weighted by atomic mass is 79.9. The number of fused-ring (bicyclic) bond motifs is 1. The molecule has 0 saturated heterocycles. The second kappa shape index (κ2) is 8.26. The van der Waals surface area contributed by atoms with E-state index in [0.29, 0.717) is 4.47 Å². The van der Waals surface area contributed by atoms with Crippen LogP contribution in [0, 0.1) is 0 Å². The Morgan fingerprint density at radius 3 is 1.88 bits per heavy atom. The summed E-state index contributed by atoms with van der Waals surface area (Å²) in [6, 6.07) is 17.5. The zero-order valence-corrected chi connectivity index (χ0v) is 19.6. The summed E-state index contributed by atoms with van der Waals surface area (Å²) in [4.78, 5) is -0.969. The minimum atomic E-state index is -5.12.